The van der Waals surface area contributed by atoms with Crippen LogP contribution >= 0.6 is 0 Å². The number of ether oxygens (including phenoxy) is 1. The quantitative estimate of drug-likeness (QED) is 0.319. The van der Waals surface area contributed by atoms with Gasteiger partial charge in [-0.15, -0.1) is 0 Å². The van der Waals surface area contributed by atoms with Crippen molar-refractivity contribution >= 4 is 29.4 Å². The average Bonchev–Trinajstić information content (AvgIpc) is 2.96. The number of amides is 3. The third kappa shape index (κ3) is 5.98. The lowest BCUT2D eigenvalue weighted by Crippen LogP contribution is -2.46. The van der Waals surface area contributed by atoms with Crippen LogP contribution in [0.3, 0.4) is 0 Å². The number of carbonyl (C=O) groups is 3. The molecule has 2 rings (SSSR count). The Kier molecular flexibility index (Phi) is 8.25. The van der Waals surface area contributed by atoms with E-state index in [1.165, 1.54) is 0 Å². The maximum atomic E-state index is 12.5. The summed E-state index contributed by atoms with van der Waals surface area (Å²) in [5, 5.41) is 12.5. The van der Waals surface area contributed by atoms with E-state index in [1.807, 2.05) is 0 Å². The van der Waals surface area contributed by atoms with Gasteiger partial charge in [0.25, 0.3) is 0 Å². The number of nitrogens with zero attached hydrogens (tertiary/aromatic N) is 1. The van der Waals surface area contributed by atoms with Crippen LogP contribution in [0.1, 0.15) is 32.8 Å². The molecular formula is C18H27N5O4. The first-order chi connectivity index (χ1) is 12.4. The molecule has 0 aromatic heterocycles. The number of anilines is 1. The van der Waals surface area contributed by atoms with Crippen LogP contribution in [0.25, 0.3) is 0 Å². The summed E-state index contributed by atoms with van der Waals surface area (Å²) >= 11 is 0. The number of urea groups is 1. The molecule has 9 nitrogen and oxygen atoms in total. The molecule has 0 spiro atoms. The number of benzene rings is 1. The van der Waals surface area contributed by atoms with Crippen molar-refractivity contribution in [1.82, 2.24) is 10.6 Å². The molecule has 1 saturated heterocycles. The van der Waals surface area contributed by atoms with Crippen LogP contribution in [0.2, 0.25) is 0 Å². The maximum Gasteiger partial charge on any atom is 0.315 e. The third-order valence-electron chi connectivity index (χ3n) is 3.92. The van der Waals surface area contributed by atoms with E-state index in [2.05, 4.69) is 10.6 Å². The zero-order chi connectivity index (χ0) is 19.1. The zero-order valence-electron chi connectivity index (χ0n) is 14.6. The first-order valence-corrected chi connectivity index (χ1v) is 8.38. The second kappa shape index (κ2) is 10.1. The molecule has 0 aliphatic carbocycles. The van der Waals surface area contributed by atoms with Gasteiger partial charge in [0.2, 0.25) is 5.91 Å². The largest absolute Gasteiger partial charge is 0.466 e. The summed E-state index contributed by atoms with van der Waals surface area (Å²) in [4.78, 5) is 37.1. The fourth-order valence-electron chi connectivity index (χ4n) is 2.61. The molecule has 3 amide bonds. The molecule has 0 radical (unpaired) electrons. The number of nitrogens with two attached hydrogens (primary N) is 1. The highest BCUT2D eigenvalue weighted by molar-refractivity contribution is 6.02. The van der Waals surface area contributed by atoms with E-state index in [4.69, 9.17) is 15.9 Å². The molecule has 9 heteroatoms. The average molecular weight is 377 g/mol. The Morgan fingerprint density at radius 1 is 1.33 bits per heavy atom. The summed E-state index contributed by atoms with van der Waals surface area (Å²) in [6.07, 6.45) is 0.563. The monoisotopic (exact) mass is 377 g/mol. The van der Waals surface area contributed by atoms with E-state index >= 15 is 0 Å². The normalized spacial score (nSPS) is 15.7. The molecule has 1 atom stereocenters. The Balaban J connectivity index is 0.00000364. The van der Waals surface area contributed by atoms with Crippen molar-refractivity contribution in [2.75, 3.05) is 24.6 Å². The van der Waals surface area contributed by atoms with Gasteiger partial charge >= 0.3 is 12.0 Å². The van der Waals surface area contributed by atoms with Crippen LogP contribution in [0.15, 0.2) is 24.3 Å². The van der Waals surface area contributed by atoms with E-state index in [0.717, 1.165) is 0 Å². The lowest BCUT2D eigenvalue weighted by molar-refractivity contribution is -0.142. The minimum atomic E-state index is -0.620. The predicted molar refractivity (Wildman–Crippen MR) is 103 cm³/mol. The summed E-state index contributed by atoms with van der Waals surface area (Å²) in [6, 6.07) is 5.67. The van der Waals surface area contributed by atoms with Crippen molar-refractivity contribution in [3.05, 3.63) is 29.8 Å². The van der Waals surface area contributed by atoms with Crippen molar-refractivity contribution in [2.24, 2.45) is 5.73 Å². The second-order valence-electron chi connectivity index (χ2n) is 5.75. The number of rotatable bonds is 7. The van der Waals surface area contributed by atoms with Crippen LogP contribution in [-0.2, 0) is 14.3 Å². The molecule has 27 heavy (non-hydrogen) atoms. The Morgan fingerprint density at radius 2 is 2.00 bits per heavy atom. The molecule has 1 heterocycles. The SMILES string of the molecule is C.CCOC(=O)CCNC(=O)NC1CCN(c2ccc(C(=N)N)cc2)C1=O. The predicted octanol–water partition coefficient (Wildman–Crippen LogP) is 0.964. The van der Waals surface area contributed by atoms with Gasteiger partial charge in [-0.2, -0.15) is 0 Å². The molecule has 0 saturated carbocycles. The van der Waals surface area contributed by atoms with Gasteiger partial charge < -0.3 is 26.0 Å². The summed E-state index contributed by atoms with van der Waals surface area (Å²) in [5.74, 6) is -0.630. The van der Waals surface area contributed by atoms with E-state index < -0.39 is 12.1 Å². The molecule has 1 fully saturated rings. The van der Waals surface area contributed by atoms with E-state index in [-0.39, 0.29) is 38.1 Å². The number of nitrogens with one attached hydrogen (secondary N) is 3. The standard InChI is InChI=1S/C17H23N5O4.CH4/c1-2-26-14(23)7-9-20-17(25)21-13-8-10-22(16(13)24)12-5-3-11(4-6-12)15(18)19;/h3-6,13H,2,7-10H2,1H3,(H3,18,19)(H2,20,21,25);1H4. The molecule has 5 N–H and O–H groups in total. The highest BCUT2D eigenvalue weighted by Gasteiger charge is 2.33. The molecule has 0 bridgehead atoms. The van der Waals surface area contributed by atoms with Crippen LogP contribution < -0.4 is 21.3 Å². The van der Waals surface area contributed by atoms with E-state index in [0.29, 0.717) is 30.8 Å². The highest BCUT2D eigenvalue weighted by atomic mass is 16.5. The van der Waals surface area contributed by atoms with Crippen molar-refractivity contribution in [1.29, 1.82) is 5.41 Å². The van der Waals surface area contributed by atoms with E-state index in [1.54, 1.807) is 36.1 Å². The fourth-order valence-corrected chi connectivity index (χ4v) is 2.61. The molecule has 1 aromatic rings. The Hall–Kier alpha value is -3.10. The fraction of sp³-hybridized carbons (Fsp3) is 0.444. The molecule has 1 aromatic carbocycles. The maximum absolute atomic E-state index is 12.5. The van der Waals surface area contributed by atoms with Gasteiger partial charge in [0.05, 0.1) is 13.0 Å². The lowest BCUT2D eigenvalue weighted by Gasteiger charge is -2.17. The summed E-state index contributed by atoms with van der Waals surface area (Å²) in [5.41, 5.74) is 6.68. The molecule has 1 aliphatic rings. The van der Waals surface area contributed by atoms with Crippen molar-refractivity contribution in [3.63, 3.8) is 0 Å². The van der Waals surface area contributed by atoms with Gasteiger partial charge in [0.15, 0.2) is 0 Å². The van der Waals surface area contributed by atoms with Crippen LogP contribution in [-0.4, -0.2) is 49.5 Å². The Morgan fingerprint density at radius 3 is 2.59 bits per heavy atom. The van der Waals surface area contributed by atoms with Crippen LogP contribution in [0.5, 0.6) is 0 Å². The summed E-state index contributed by atoms with van der Waals surface area (Å²) < 4.78 is 4.77. The Bertz CT molecular complexity index is 689. The lowest BCUT2D eigenvalue weighted by atomic mass is 10.2. The van der Waals surface area contributed by atoms with Crippen molar-refractivity contribution in [2.45, 2.75) is 33.2 Å². The minimum Gasteiger partial charge on any atom is -0.466 e. The molecule has 1 unspecified atom stereocenters. The topological polar surface area (TPSA) is 138 Å². The molecule has 148 valence electrons. The number of esters is 1. The molecule has 1 aliphatic heterocycles. The Labute approximate surface area is 158 Å². The van der Waals surface area contributed by atoms with E-state index in [9.17, 15) is 14.4 Å². The van der Waals surface area contributed by atoms with Gasteiger partial charge in [-0.1, -0.05) is 7.43 Å². The summed E-state index contributed by atoms with van der Waals surface area (Å²) in [6.45, 7) is 2.63. The first kappa shape index (κ1) is 21.9. The summed E-state index contributed by atoms with van der Waals surface area (Å²) in [7, 11) is 0. The van der Waals surface area contributed by atoms with Crippen molar-refractivity contribution < 1.29 is 19.1 Å². The number of amidine groups is 1. The smallest absolute Gasteiger partial charge is 0.315 e. The number of hydrogen-bond donors (Lipinski definition) is 4. The minimum absolute atomic E-state index is 0. The van der Waals surface area contributed by atoms with Gasteiger partial charge in [-0.05, 0) is 37.6 Å². The number of nitrogen functional groups attached to an aromatic ring is 1. The van der Waals surface area contributed by atoms with Crippen LogP contribution in [0.4, 0.5) is 10.5 Å². The van der Waals surface area contributed by atoms with Gasteiger partial charge in [-0.25, -0.2) is 4.79 Å². The highest BCUT2D eigenvalue weighted by Crippen LogP contribution is 2.22. The molecular weight excluding hydrogens is 350 g/mol. The zero-order valence-corrected chi connectivity index (χ0v) is 14.6. The van der Waals surface area contributed by atoms with Crippen molar-refractivity contribution in [3.8, 4) is 0 Å². The first-order valence-electron chi connectivity index (χ1n) is 8.38. The second-order valence-corrected chi connectivity index (χ2v) is 5.75. The van der Waals surface area contributed by atoms with Gasteiger partial charge in [0, 0.05) is 24.3 Å². The number of carbonyl (C=O) groups excluding carboxylic acids is 3. The third-order valence-corrected chi connectivity index (χ3v) is 3.92. The van der Waals surface area contributed by atoms with Gasteiger partial charge in [0.1, 0.15) is 11.9 Å². The van der Waals surface area contributed by atoms with Gasteiger partial charge in [-0.3, -0.25) is 15.0 Å². The number of hydrogen-bond acceptors (Lipinski definition) is 5. The van der Waals surface area contributed by atoms with Crippen LogP contribution in [0, 0.1) is 5.41 Å².